The molecule has 0 bridgehead atoms. The van der Waals surface area contributed by atoms with Gasteiger partial charge in [-0.3, -0.25) is 0 Å². The van der Waals surface area contributed by atoms with Gasteiger partial charge in [0, 0.05) is 18.3 Å². The van der Waals surface area contributed by atoms with Gasteiger partial charge in [0.2, 0.25) is 10.0 Å². The molecule has 0 saturated carbocycles. The lowest BCUT2D eigenvalue weighted by molar-refractivity contribution is 0.383. The van der Waals surface area contributed by atoms with E-state index in [0.29, 0.717) is 5.69 Å². The van der Waals surface area contributed by atoms with Gasteiger partial charge in [-0.25, -0.2) is 8.42 Å². The maximum absolute atomic E-state index is 12.4. The number of anilines is 1. The number of hydrogen-bond donors (Lipinski definition) is 1. The fourth-order valence-corrected chi connectivity index (χ4v) is 3.27. The van der Waals surface area contributed by atoms with E-state index in [1.165, 1.54) is 10.4 Å². The summed E-state index contributed by atoms with van der Waals surface area (Å²) in [6.07, 6.45) is 1.58. The number of nitrogens with two attached hydrogens (primary N) is 1. The van der Waals surface area contributed by atoms with Crippen molar-refractivity contribution in [2.45, 2.75) is 31.7 Å². The monoisotopic (exact) mass is 268 g/mol. The van der Waals surface area contributed by atoms with E-state index >= 15 is 0 Å². The van der Waals surface area contributed by atoms with E-state index in [1.807, 2.05) is 20.8 Å². The molecular weight excluding hydrogens is 248 g/mol. The van der Waals surface area contributed by atoms with E-state index in [-0.39, 0.29) is 17.5 Å². The average Bonchev–Trinajstić information content (AvgIpc) is 2.28. The van der Waals surface area contributed by atoms with E-state index < -0.39 is 10.0 Å². The van der Waals surface area contributed by atoms with Crippen LogP contribution in [0.15, 0.2) is 35.7 Å². The molecule has 100 valence electrons. The second kappa shape index (κ2) is 5.54. The molecule has 0 aliphatic heterocycles. The maximum Gasteiger partial charge on any atom is 0.243 e. The Kier molecular flexibility index (Phi) is 4.53. The molecule has 0 spiro atoms. The summed E-state index contributed by atoms with van der Waals surface area (Å²) in [6, 6.07) is 4.67. The number of nitrogen functional groups attached to an aromatic ring is 1. The lowest BCUT2D eigenvalue weighted by Gasteiger charge is -2.24. The molecule has 18 heavy (non-hydrogen) atoms. The van der Waals surface area contributed by atoms with Crippen LogP contribution in [0, 0.1) is 6.92 Å². The number of rotatable bonds is 5. The van der Waals surface area contributed by atoms with Gasteiger partial charge in [-0.15, -0.1) is 6.58 Å². The van der Waals surface area contributed by atoms with Gasteiger partial charge in [-0.05, 0) is 38.5 Å². The first kappa shape index (κ1) is 14.7. The summed E-state index contributed by atoms with van der Waals surface area (Å²) < 4.78 is 26.3. The van der Waals surface area contributed by atoms with Crippen LogP contribution in [0.1, 0.15) is 19.4 Å². The third-order valence-electron chi connectivity index (χ3n) is 2.74. The fourth-order valence-electron chi connectivity index (χ4n) is 1.63. The minimum absolute atomic E-state index is 0.129. The highest BCUT2D eigenvalue weighted by molar-refractivity contribution is 7.89. The number of benzene rings is 1. The van der Waals surface area contributed by atoms with E-state index in [9.17, 15) is 8.42 Å². The van der Waals surface area contributed by atoms with Crippen molar-refractivity contribution in [2.24, 2.45) is 0 Å². The molecule has 0 aromatic heterocycles. The Morgan fingerprint density at radius 1 is 1.44 bits per heavy atom. The fraction of sp³-hybridized carbons (Fsp3) is 0.385. The SMILES string of the molecule is C=CCN(C(C)C)S(=O)(=O)c1ccc(C)c(N)c1. The third kappa shape index (κ3) is 2.91. The highest BCUT2D eigenvalue weighted by Crippen LogP contribution is 2.22. The number of hydrogen-bond acceptors (Lipinski definition) is 3. The second-order valence-corrected chi connectivity index (χ2v) is 6.37. The lowest BCUT2D eigenvalue weighted by atomic mass is 10.2. The van der Waals surface area contributed by atoms with Crippen LogP contribution in [-0.4, -0.2) is 25.3 Å². The molecule has 4 nitrogen and oxygen atoms in total. The lowest BCUT2D eigenvalue weighted by Crippen LogP contribution is -2.37. The third-order valence-corrected chi connectivity index (χ3v) is 4.78. The first-order valence-electron chi connectivity index (χ1n) is 5.79. The molecule has 1 aromatic rings. The highest BCUT2D eigenvalue weighted by atomic mass is 32.2. The van der Waals surface area contributed by atoms with Crippen LogP contribution in [0.3, 0.4) is 0 Å². The standard InChI is InChI=1S/C13H20N2O2S/c1-5-8-15(10(2)3)18(16,17)12-7-6-11(4)13(14)9-12/h5-7,9-10H,1,8,14H2,2-4H3. The topological polar surface area (TPSA) is 63.4 Å². The molecule has 1 aromatic carbocycles. The van der Waals surface area contributed by atoms with Crippen LogP contribution in [0.5, 0.6) is 0 Å². The van der Waals surface area contributed by atoms with Gasteiger partial charge in [0.15, 0.2) is 0 Å². The van der Waals surface area contributed by atoms with Crippen molar-refractivity contribution in [2.75, 3.05) is 12.3 Å². The first-order chi connectivity index (χ1) is 8.30. The Hall–Kier alpha value is -1.33. The Labute approximate surface area is 109 Å². The number of nitrogens with zero attached hydrogens (tertiary/aromatic N) is 1. The van der Waals surface area contributed by atoms with Crippen LogP contribution in [0.4, 0.5) is 5.69 Å². The van der Waals surface area contributed by atoms with Crippen molar-refractivity contribution in [1.29, 1.82) is 0 Å². The minimum atomic E-state index is -3.52. The number of sulfonamides is 1. The number of aryl methyl sites for hydroxylation is 1. The Morgan fingerprint density at radius 3 is 2.50 bits per heavy atom. The van der Waals surface area contributed by atoms with Crippen LogP contribution in [0.2, 0.25) is 0 Å². The van der Waals surface area contributed by atoms with Crippen LogP contribution in [-0.2, 0) is 10.0 Å². The van der Waals surface area contributed by atoms with Crippen molar-refractivity contribution in [3.05, 3.63) is 36.4 Å². The van der Waals surface area contributed by atoms with E-state index in [2.05, 4.69) is 6.58 Å². The predicted molar refractivity (Wildman–Crippen MR) is 74.8 cm³/mol. The molecule has 0 atom stereocenters. The van der Waals surface area contributed by atoms with Crippen molar-refractivity contribution < 1.29 is 8.42 Å². The summed E-state index contributed by atoms with van der Waals surface area (Å²) >= 11 is 0. The molecule has 0 aliphatic rings. The normalized spacial score (nSPS) is 12.1. The Bertz CT molecular complexity index is 536. The van der Waals surface area contributed by atoms with Crippen LogP contribution >= 0.6 is 0 Å². The largest absolute Gasteiger partial charge is 0.398 e. The van der Waals surface area contributed by atoms with E-state index in [4.69, 9.17) is 5.73 Å². The highest BCUT2D eigenvalue weighted by Gasteiger charge is 2.26. The molecule has 0 radical (unpaired) electrons. The molecule has 5 heteroatoms. The predicted octanol–water partition coefficient (Wildman–Crippen LogP) is 2.16. The van der Waals surface area contributed by atoms with E-state index in [1.54, 1.807) is 18.2 Å². The Balaban J connectivity index is 3.26. The van der Waals surface area contributed by atoms with Crippen molar-refractivity contribution >= 4 is 15.7 Å². The summed E-state index contributed by atoms with van der Waals surface area (Å²) in [5, 5.41) is 0. The van der Waals surface area contributed by atoms with Gasteiger partial charge in [0.25, 0.3) is 0 Å². The summed E-state index contributed by atoms with van der Waals surface area (Å²) in [5.41, 5.74) is 7.12. The van der Waals surface area contributed by atoms with Crippen molar-refractivity contribution in [3.63, 3.8) is 0 Å². The zero-order valence-electron chi connectivity index (χ0n) is 11.1. The summed E-state index contributed by atoms with van der Waals surface area (Å²) in [5.74, 6) is 0. The van der Waals surface area contributed by atoms with Crippen molar-refractivity contribution in [1.82, 2.24) is 4.31 Å². The average molecular weight is 268 g/mol. The molecule has 0 fully saturated rings. The Morgan fingerprint density at radius 2 is 2.06 bits per heavy atom. The molecule has 1 rings (SSSR count). The maximum atomic E-state index is 12.4. The molecular formula is C13H20N2O2S. The minimum Gasteiger partial charge on any atom is -0.398 e. The zero-order chi connectivity index (χ0) is 13.9. The first-order valence-corrected chi connectivity index (χ1v) is 7.23. The molecule has 0 heterocycles. The summed E-state index contributed by atoms with van der Waals surface area (Å²) in [4.78, 5) is 0.223. The van der Waals surface area contributed by atoms with Crippen molar-refractivity contribution in [3.8, 4) is 0 Å². The summed E-state index contributed by atoms with van der Waals surface area (Å²) in [7, 11) is -3.52. The van der Waals surface area contributed by atoms with Crippen LogP contribution < -0.4 is 5.73 Å². The van der Waals surface area contributed by atoms with Gasteiger partial charge in [-0.2, -0.15) is 4.31 Å². The molecule has 0 unspecified atom stereocenters. The van der Waals surface area contributed by atoms with Gasteiger partial charge >= 0.3 is 0 Å². The van der Waals surface area contributed by atoms with E-state index in [0.717, 1.165) is 5.56 Å². The zero-order valence-corrected chi connectivity index (χ0v) is 11.9. The molecule has 0 amide bonds. The smallest absolute Gasteiger partial charge is 0.243 e. The van der Waals surface area contributed by atoms with Gasteiger partial charge in [0.1, 0.15) is 0 Å². The summed E-state index contributed by atoms with van der Waals surface area (Å²) in [6.45, 7) is 9.38. The second-order valence-electron chi connectivity index (χ2n) is 4.48. The molecule has 0 aliphatic carbocycles. The quantitative estimate of drug-likeness (QED) is 0.657. The van der Waals surface area contributed by atoms with Gasteiger partial charge < -0.3 is 5.73 Å². The molecule has 0 saturated heterocycles. The van der Waals surface area contributed by atoms with Gasteiger partial charge in [0.05, 0.1) is 4.90 Å². The van der Waals surface area contributed by atoms with Gasteiger partial charge in [-0.1, -0.05) is 12.1 Å². The van der Waals surface area contributed by atoms with Crippen LogP contribution in [0.25, 0.3) is 0 Å². The molecule has 2 N–H and O–H groups in total.